The van der Waals surface area contributed by atoms with Crippen LogP contribution in [0.1, 0.15) is 0 Å². The lowest BCUT2D eigenvalue weighted by Gasteiger charge is -2.07. The third-order valence-corrected chi connectivity index (χ3v) is 4.24. The van der Waals surface area contributed by atoms with Crippen molar-refractivity contribution in [3.63, 3.8) is 0 Å². The molecule has 3 aromatic heterocycles. The first-order chi connectivity index (χ1) is 13.2. The van der Waals surface area contributed by atoms with Gasteiger partial charge in [-0.15, -0.1) is 0 Å². The molecule has 0 unspecified atom stereocenters. The fourth-order valence-electron chi connectivity index (χ4n) is 2.95. The molecule has 5 aromatic rings. The first kappa shape index (κ1) is 15.3. The molecule has 0 spiro atoms. The minimum Gasteiger partial charge on any atom is -0.361 e. The second-order valence-electron chi connectivity index (χ2n) is 6.06. The van der Waals surface area contributed by atoms with Crippen LogP contribution in [0, 0.1) is 5.82 Å². The maximum atomic E-state index is 13.5. The molecule has 0 saturated carbocycles. The Morgan fingerprint density at radius 3 is 2.85 bits per heavy atom. The Morgan fingerprint density at radius 2 is 1.89 bits per heavy atom. The highest BCUT2D eigenvalue weighted by Gasteiger charge is 2.08. The van der Waals surface area contributed by atoms with Crippen molar-refractivity contribution in [1.29, 1.82) is 0 Å². The molecule has 0 aliphatic carbocycles. The van der Waals surface area contributed by atoms with Crippen LogP contribution in [0.2, 0.25) is 0 Å². The normalized spacial score (nSPS) is 11.1. The van der Waals surface area contributed by atoms with E-state index in [0.717, 1.165) is 22.1 Å². The van der Waals surface area contributed by atoms with Crippen LogP contribution >= 0.6 is 0 Å². The largest absolute Gasteiger partial charge is 0.361 e. The summed E-state index contributed by atoms with van der Waals surface area (Å²) in [4.78, 5) is 11.9. The van der Waals surface area contributed by atoms with Gasteiger partial charge in [0.15, 0.2) is 5.82 Å². The molecule has 132 valence electrons. The van der Waals surface area contributed by atoms with Gasteiger partial charge in [0.05, 0.1) is 5.52 Å². The van der Waals surface area contributed by atoms with Crippen molar-refractivity contribution >= 4 is 45.1 Å². The Labute approximate surface area is 152 Å². The third-order valence-electron chi connectivity index (χ3n) is 4.24. The van der Waals surface area contributed by atoms with Gasteiger partial charge in [0.2, 0.25) is 5.95 Å². The summed E-state index contributed by atoms with van der Waals surface area (Å²) in [6.07, 6.45) is 3.53. The number of nitrogens with zero attached hydrogens (tertiary/aromatic N) is 3. The zero-order chi connectivity index (χ0) is 18.2. The van der Waals surface area contributed by atoms with E-state index < -0.39 is 0 Å². The molecule has 8 heteroatoms. The predicted molar refractivity (Wildman–Crippen MR) is 103 cm³/mol. The molecule has 0 radical (unpaired) electrons. The lowest BCUT2D eigenvalue weighted by Crippen LogP contribution is -2.00. The minimum atomic E-state index is -0.322. The number of fused-ring (bicyclic) bond motifs is 2. The Kier molecular flexibility index (Phi) is 3.46. The topological polar surface area (TPSA) is 94.3 Å². The van der Waals surface area contributed by atoms with E-state index in [9.17, 15) is 4.39 Å². The van der Waals surface area contributed by atoms with Gasteiger partial charge in [-0.2, -0.15) is 10.1 Å². The SMILES string of the molecule is Fc1ccc2[nH]nc(Nc3ccnc(Nc4ccc5cc[nH]c5c4)n3)c2c1. The van der Waals surface area contributed by atoms with E-state index in [-0.39, 0.29) is 5.82 Å². The van der Waals surface area contributed by atoms with Crippen molar-refractivity contribution in [3.05, 3.63) is 66.7 Å². The van der Waals surface area contributed by atoms with E-state index in [2.05, 4.69) is 35.8 Å². The molecule has 0 atom stereocenters. The first-order valence-corrected chi connectivity index (χ1v) is 8.32. The molecular formula is C19H14FN7. The molecule has 2 aromatic carbocycles. The molecule has 0 fully saturated rings. The summed E-state index contributed by atoms with van der Waals surface area (Å²) >= 11 is 0. The molecule has 7 nitrogen and oxygen atoms in total. The summed E-state index contributed by atoms with van der Waals surface area (Å²) in [6.45, 7) is 0. The molecule has 0 aliphatic heterocycles. The van der Waals surface area contributed by atoms with Crippen molar-refractivity contribution in [2.24, 2.45) is 0 Å². The van der Waals surface area contributed by atoms with Crippen LogP contribution in [0.5, 0.6) is 0 Å². The Hall–Kier alpha value is -3.94. The molecule has 0 bridgehead atoms. The van der Waals surface area contributed by atoms with Gasteiger partial charge in [0, 0.05) is 29.0 Å². The summed E-state index contributed by atoms with van der Waals surface area (Å²) in [7, 11) is 0. The van der Waals surface area contributed by atoms with Gasteiger partial charge in [0.1, 0.15) is 11.6 Å². The third kappa shape index (κ3) is 2.93. The molecular weight excluding hydrogens is 345 g/mol. The second kappa shape index (κ2) is 6.10. The van der Waals surface area contributed by atoms with Crippen LogP contribution < -0.4 is 10.6 Å². The highest BCUT2D eigenvalue weighted by Crippen LogP contribution is 2.25. The molecule has 0 amide bonds. The maximum absolute atomic E-state index is 13.5. The van der Waals surface area contributed by atoms with Gasteiger partial charge >= 0.3 is 0 Å². The number of rotatable bonds is 4. The lowest BCUT2D eigenvalue weighted by molar-refractivity contribution is 0.630. The average Bonchev–Trinajstić information content (AvgIpc) is 3.29. The number of aromatic nitrogens is 5. The maximum Gasteiger partial charge on any atom is 0.229 e. The van der Waals surface area contributed by atoms with Crippen molar-refractivity contribution in [2.75, 3.05) is 10.6 Å². The predicted octanol–water partition coefficient (Wildman–Crippen LogP) is 4.46. The zero-order valence-corrected chi connectivity index (χ0v) is 14.0. The monoisotopic (exact) mass is 359 g/mol. The number of hydrogen-bond acceptors (Lipinski definition) is 5. The average molecular weight is 359 g/mol. The van der Waals surface area contributed by atoms with E-state index in [1.807, 2.05) is 30.5 Å². The number of benzene rings is 2. The summed E-state index contributed by atoms with van der Waals surface area (Å²) in [5.74, 6) is 1.17. The van der Waals surface area contributed by atoms with Crippen molar-refractivity contribution < 1.29 is 4.39 Å². The molecule has 0 aliphatic rings. The number of nitrogens with one attached hydrogen (secondary N) is 4. The van der Waals surface area contributed by atoms with Gasteiger partial charge in [-0.05, 0) is 47.9 Å². The quantitative estimate of drug-likeness (QED) is 0.380. The van der Waals surface area contributed by atoms with Crippen LogP contribution in [0.15, 0.2) is 60.9 Å². The zero-order valence-electron chi connectivity index (χ0n) is 14.0. The summed E-state index contributed by atoms with van der Waals surface area (Å²) in [6, 6.07) is 14.2. The van der Waals surface area contributed by atoms with Gasteiger partial charge < -0.3 is 15.6 Å². The fraction of sp³-hybridized carbons (Fsp3) is 0. The van der Waals surface area contributed by atoms with Gasteiger partial charge in [-0.25, -0.2) is 9.37 Å². The highest BCUT2D eigenvalue weighted by molar-refractivity contribution is 5.91. The second-order valence-corrected chi connectivity index (χ2v) is 6.06. The number of anilines is 4. The van der Waals surface area contributed by atoms with Crippen LogP contribution in [0.25, 0.3) is 21.8 Å². The number of aromatic amines is 2. The van der Waals surface area contributed by atoms with Crippen LogP contribution in [0.4, 0.5) is 27.7 Å². The van der Waals surface area contributed by atoms with Crippen LogP contribution in [-0.2, 0) is 0 Å². The van der Waals surface area contributed by atoms with E-state index in [1.165, 1.54) is 12.1 Å². The Bertz CT molecular complexity index is 1260. The van der Waals surface area contributed by atoms with E-state index in [4.69, 9.17) is 0 Å². The Morgan fingerprint density at radius 1 is 0.926 bits per heavy atom. The molecule has 5 rings (SSSR count). The fourth-order valence-corrected chi connectivity index (χ4v) is 2.95. The minimum absolute atomic E-state index is 0.322. The molecule has 0 saturated heterocycles. The number of H-pyrrole nitrogens is 2. The lowest BCUT2D eigenvalue weighted by atomic mass is 10.2. The van der Waals surface area contributed by atoms with Crippen molar-refractivity contribution in [1.82, 2.24) is 25.1 Å². The standard InChI is InChI=1S/C19H14FN7/c20-12-2-4-15-14(9-12)18(27-26-15)24-17-6-8-22-19(25-17)23-13-3-1-11-5-7-21-16(11)10-13/h1-10,21H,(H3,22,23,24,25,26,27). The Balaban J connectivity index is 1.41. The van der Waals surface area contributed by atoms with Crippen molar-refractivity contribution in [3.8, 4) is 0 Å². The molecule has 27 heavy (non-hydrogen) atoms. The van der Waals surface area contributed by atoms with Crippen LogP contribution in [-0.4, -0.2) is 25.1 Å². The summed E-state index contributed by atoms with van der Waals surface area (Å²) in [5.41, 5.74) is 2.64. The first-order valence-electron chi connectivity index (χ1n) is 8.32. The van der Waals surface area contributed by atoms with Crippen LogP contribution in [0.3, 0.4) is 0 Å². The molecule has 4 N–H and O–H groups in total. The van der Waals surface area contributed by atoms with Crippen molar-refractivity contribution in [2.45, 2.75) is 0 Å². The highest BCUT2D eigenvalue weighted by atomic mass is 19.1. The number of halogens is 1. The summed E-state index contributed by atoms with van der Waals surface area (Å²) in [5, 5.41) is 15.1. The number of hydrogen-bond donors (Lipinski definition) is 4. The molecule has 3 heterocycles. The summed E-state index contributed by atoms with van der Waals surface area (Å²) < 4.78 is 13.5. The van der Waals surface area contributed by atoms with E-state index >= 15 is 0 Å². The van der Waals surface area contributed by atoms with Gasteiger partial charge in [0.25, 0.3) is 0 Å². The van der Waals surface area contributed by atoms with Gasteiger partial charge in [-0.1, -0.05) is 6.07 Å². The van der Waals surface area contributed by atoms with E-state index in [0.29, 0.717) is 23.0 Å². The van der Waals surface area contributed by atoms with Gasteiger partial charge in [-0.3, -0.25) is 5.10 Å². The van der Waals surface area contributed by atoms with E-state index in [1.54, 1.807) is 18.3 Å². The smallest absolute Gasteiger partial charge is 0.229 e.